The molecule has 0 amide bonds. The van der Waals surface area contributed by atoms with Crippen molar-refractivity contribution in [3.8, 4) is 11.6 Å². The van der Waals surface area contributed by atoms with Crippen LogP contribution in [0.1, 0.15) is 31.4 Å². The Morgan fingerprint density at radius 1 is 1.47 bits per heavy atom. The first-order chi connectivity index (χ1) is 9.15. The van der Waals surface area contributed by atoms with Gasteiger partial charge in [0.05, 0.1) is 18.3 Å². The van der Waals surface area contributed by atoms with Crippen LogP contribution in [0.25, 0.3) is 11.6 Å². The minimum absolute atomic E-state index is 0.377. The summed E-state index contributed by atoms with van der Waals surface area (Å²) in [4.78, 5) is 4.31. The Kier molecular flexibility index (Phi) is 4.28. The van der Waals surface area contributed by atoms with Crippen LogP contribution in [-0.2, 0) is 11.3 Å². The number of nitrogens with zero attached hydrogens (tertiary/aromatic N) is 4. The molecule has 1 unspecified atom stereocenters. The molecule has 0 saturated heterocycles. The van der Waals surface area contributed by atoms with E-state index in [9.17, 15) is 0 Å². The van der Waals surface area contributed by atoms with Crippen molar-refractivity contribution >= 4 is 0 Å². The molecule has 2 aromatic rings. The zero-order valence-corrected chi connectivity index (χ0v) is 11.5. The van der Waals surface area contributed by atoms with Gasteiger partial charge in [0, 0.05) is 13.2 Å². The van der Waals surface area contributed by atoms with E-state index in [1.54, 1.807) is 0 Å². The lowest BCUT2D eigenvalue weighted by Gasteiger charge is -2.05. The Hall–Kier alpha value is -1.73. The van der Waals surface area contributed by atoms with Crippen LogP contribution >= 0.6 is 0 Å². The highest BCUT2D eigenvalue weighted by Crippen LogP contribution is 2.20. The number of ether oxygens (including phenoxy) is 1. The number of aryl methyl sites for hydroxylation is 2. The first-order valence-electron chi connectivity index (χ1n) is 6.37. The first kappa shape index (κ1) is 13.7. The number of nitrogens with two attached hydrogens (primary N) is 1. The Balaban J connectivity index is 2.20. The van der Waals surface area contributed by atoms with E-state index in [2.05, 4.69) is 15.2 Å². The predicted molar refractivity (Wildman–Crippen MR) is 69.4 cm³/mol. The van der Waals surface area contributed by atoms with Crippen LogP contribution in [-0.4, -0.2) is 33.1 Å². The average molecular weight is 265 g/mol. The summed E-state index contributed by atoms with van der Waals surface area (Å²) in [6.07, 6.45) is 0. The Morgan fingerprint density at radius 2 is 2.26 bits per heavy atom. The molecule has 2 heterocycles. The van der Waals surface area contributed by atoms with Gasteiger partial charge in [0.25, 0.3) is 5.89 Å². The summed E-state index contributed by atoms with van der Waals surface area (Å²) in [6.45, 7) is 7.58. The summed E-state index contributed by atoms with van der Waals surface area (Å²) in [5.74, 6) is 0.884. The molecular formula is C12H19N5O2. The molecule has 7 heteroatoms. The molecule has 2 rings (SSSR count). The predicted octanol–water partition coefficient (Wildman–Crippen LogP) is 1.30. The van der Waals surface area contributed by atoms with Crippen molar-refractivity contribution in [2.45, 2.75) is 33.4 Å². The van der Waals surface area contributed by atoms with E-state index in [1.807, 2.05) is 31.5 Å². The second-order valence-corrected chi connectivity index (χ2v) is 4.21. The molecule has 104 valence electrons. The third-order valence-electron chi connectivity index (χ3n) is 2.70. The van der Waals surface area contributed by atoms with Gasteiger partial charge in [0.1, 0.15) is 5.69 Å². The molecule has 0 bridgehead atoms. The van der Waals surface area contributed by atoms with Crippen LogP contribution in [0.5, 0.6) is 0 Å². The van der Waals surface area contributed by atoms with Gasteiger partial charge < -0.3 is 15.0 Å². The molecule has 0 spiro atoms. The van der Waals surface area contributed by atoms with Gasteiger partial charge in [-0.05, 0) is 26.8 Å². The van der Waals surface area contributed by atoms with Crippen LogP contribution < -0.4 is 5.73 Å². The smallest absolute Gasteiger partial charge is 0.276 e. The van der Waals surface area contributed by atoms with Crippen molar-refractivity contribution in [2.75, 3.05) is 13.2 Å². The van der Waals surface area contributed by atoms with Crippen LogP contribution in [0, 0.1) is 6.92 Å². The van der Waals surface area contributed by atoms with Gasteiger partial charge in [-0.15, -0.1) is 0 Å². The number of hydrogen-bond donors (Lipinski definition) is 1. The first-order valence-corrected chi connectivity index (χ1v) is 6.37. The van der Waals surface area contributed by atoms with Crippen molar-refractivity contribution in [2.24, 2.45) is 5.73 Å². The van der Waals surface area contributed by atoms with Gasteiger partial charge in [0.15, 0.2) is 5.82 Å². The highest BCUT2D eigenvalue weighted by molar-refractivity contribution is 5.47. The summed E-state index contributed by atoms with van der Waals surface area (Å²) in [5, 5.41) is 8.24. The lowest BCUT2D eigenvalue weighted by Crippen LogP contribution is -2.18. The van der Waals surface area contributed by atoms with E-state index >= 15 is 0 Å². The highest BCUT2D eigenvalue weighted by atomic mass is 16.5. The second kappa shape index (κ2) is 5.94. The standard InChI is InChI=1S/C12H19N5O2/c1-4-17-10(6-8(3)15-17)12-14-11(16-19-12)9(13)7-18-5-2/h6,9H,4-5,7,13H2,1-3H3. The molecule has 1 atom stereocenters. The summed E-state index contributed by atoms with van der Waals surface area (Å²) in [6, 6.07) is 1.53. The lowest BCUT2D eigenvalue weighted by molar-refractivity contribution is 0.130. The molecule has 0 aliphatic rings. The van der Waals surface area contributed by atoms with Crippen LogP contribution in [0.15, 0.2) is 10.6 Å². The molecule has 19 heavy (non-hydrogen) atoms. The van der Waals surface area contributed by atoms with Crippen molar-refractivity contribution < 1.29 is 9.26 Å². The van der Waals surface area contributed by atoms with Crippen molar-refractivity contribution in [1.82, 2.24) is 19.9 Å². The minimum atomic E-state index is -0.378. The maximum absolute atomic E-state index is 5.92. The third-order valence-corrected chi connectivity index (χ3v) is 2.70. The fourth-order valence-corrected chi connectivity index (χ4v) is 1.77. The largest absolute Gasteiger partial charge is 0.380 e. The second-order valence-electron chi connectivity index (χ2n) is 4.21. The number of hydrogen-bond acceptors (Lipinski definition) is 6. The lowest BCUT2D eigenvalue weighted by atomic mass is 10.3. The Morgan fingerprint density at radius 3 is 2.95 bits per heavy atom. The van der Waals surface area contributed by atoms with Crippen LogP contribution in [0.4, 0.5) is 0 Å². The van der Waals surface area contributed by atoms with Gasteiger partial charge in [-0.3, -0.25) is 4.68 Å². The summed E-state index contributed by atoms with van der Waals surface area (Å²) in [5.41, 5.74) is 7.64. The summed E-state index contributed by atoms with van der Waals surface area (Å²) < 4.78 is 12.3. The minimum Gasteiger partial charge on any atom is -0.380 e. The fourth-order valence-electron chi connectivity index (χ4n) is 1.77. The van der Waals surface area contributed by atoms with Gasteiger partial charge in [-0.25, -0.2) is 0 Å². The molecule has 7 nitrogen and oxygen atoms in total. The van der Waals surface area contributed by atoms with E-state index < -0.39 is 0 Å². The molecule has 0 radical (unpaired) electrons. The quantitative estimate of drug-likeness (QED) is 0.846. The van der Waals surface area contributed by atoms with E-state index in [4.69, 9.17) is 15.0 Å². The zero-order valence-electron chi connectivity index (χ0n) is 11.5. The van der Waals surface area contributed by atoms with Crippen LogP contribution in [0.2, 0.25) is 0 Å². The van der Waals surface area contributed by atoms with E-state index in [0.29, 0.717) is 24.9 Å². The molecule has 2 N–H and O–H groups in total. The highest BCUT2D eigenvalue weighted by Gasteiger charge is 2.18. The molecule has 0 aliphatic carbocycles. The van der Waals surface area contributed by atoms with Gasteiger partial charge >= 0.3 is 0 Å². The fraction of sp³-hybridized carbons (Fsp3) is 0.583. The number of aromatic nitrogens is 4. The summed E-state index contributed by atoms with van der Waals surface area (Å²) in [7, 11) is 0. The Labute approximate surface area is 111 Å². The molecule has 0 aromatic carbocycles. The van der Waals surface area contributed by atoms with Crippen LogP contribution in [0.3, 0.4) is 0 Å². The molecular weight excluding hydrogens is 246 g/mol. The topological polar surface area (TPSA) is 92.0 Å². The van der Waals surface area contributed by atoms with Crippen molar-refractivity contribution in [3.05, 3.63) is 17.6 Å². The maximum atomic E-state index is 5.92. The maximum Gasteiger partial charge on any atom is 0.276 e. The average Bonchev–Trinajstić information content (AvgIpc) is 3.01. The van der Waals surface area contributed by atoms with Gasteiger partial charge in [0.2, 0.25) is 0 Å². The molecule has 0 fully saturated rings. The molecule has 0 aliphatic heterocycles. The van der Waals surface area contributed by atoms with Crippen molar-refractivity contribution in [1.29, 1.82) is 0 Å². The zero-order chi connectivity index (χ0) is 13.8. The number of rotatable bonds is 6. The van der Waals surface area contributed by atoms with Gasteiger partial charge in [-0.2, -0.15) is 10.1 Å². The van der Waals surface area contributed by atoms with E-state index in [1.165, 1.54) is 0 Å². The van der Waals surface area contributed by atoms with E-state index in [0.717, 1.165) is 17.9 Å². The molecule has 2 aromatic heterocycles. The third kappa shape index (κ3) is 2.99. The Bertz CT molecular complexity index is 534. The SMILES string of the molecule is CCOCC(N)c1noc(-c2cc(C)nn2CC)n1. The van der Waals surface area contributed by atoms with E-state index in [-0.39, 0.29) is 6.04 Å². The summed E-state index contributed by atoms with van der Waals surface area (Å²) >= 11 is 0. The molecule has 0 saturated carbocycles. The normalized spacial score (nSPS) is 12.8. The van der Waals surface area contributed by atoms with Crippen molar-refractivity contribution in [3.63, 3.8) is 0 Å². The van der Waals surface area contributed by atoms with Gasteiger partial charge in [-0.1, -0.05) is 5.16 Å². The monoisotopic (exact) mass is 265 g/mol.